The molecule has 3 nitrogen and oxygen atoms in total. The first-order valence-corrected chi connectivity index (χ1v) is 8.51. The van der Waals surface area contributed by atoms with E-state index in [2.05, 4.69) is 6.07 Å². The van der Waals surface area contributed by atoms with E-state index in [1.54, 1.807) is 0 Å². The van der Waals surface area contributed by atoms with Crippen LogP contribution in [0.5, 0.6) is 0 Å². The van der Waals surface area contributed by atoms with Gasteiger partial charge in [-0.05, 0) is 49.1 Å². The maximum Gasteiger partial charge on any atom is 0.231 e. The molecular formula is C18H19ClN2O. The van der Waals surface area contributed by atoms with Gasteiger partial charge in [-0.3, -0.25) is 9.69 Å². The summed E-state index contributed by atoms with van der Waals surface area (Å²) in [6.45, 7) is 0.766. The number of hydrogen-bond acceptors (Lipinski definition) is 2. The summed E-state index contributed by atoms with van der Waals surface area (Å²) in [7, 11) is 0. The van der Waals surface area contributed by atoms with Crippen LogP contribution in [-0.2, 0) is 11.2 Å². The highest BCUT2D eigenvalue weighted by molar-refractivity contribution is 6.31. The number of amides is 1. The predicted molar refractivity (Wildman–Crippen MR) is 89.4 cm³/mol. The Morgan fingerprint density at radius 3 is 2.82 bits per heavy atom. The SMILES string of the molecule is O=C(C1CCCCC1)N1CCc2cc3cc(Cl)ccc3nc21. The molecule has 22 heavy (non-hydrogen) atoms. The lowest BCUT2D eigenvalue weighted by atomic mass is 9.88. The first-order chi connectivity index (χ1) is 10.7. The Bertz CT molecular complexity index is 737. The second-order valence-electron chi connectivity index (χ2n) is 6.38. The van der Waals surface area contributed by atoms with Crippen molar-refractivity contribution in [3.63, 3.8) is 0 Å². The van der Waals surface area contributed by atoms with Crippen molar-refractivity contribution in [2.45, 2.75) is 38.5 Å². The maximum absolute atomic E-state index is 12.8. The van der Waals surface area contributed by atoms with Crippen LogP contribution in [0.3, 0.4) is 0 Å². The van der Waals surface area contributed by atoms with Gasteiger partial charge in [-0.25, -0.2) is 4.98 Å². The third-order valence-electron chi connectivity index (χ3n) is 4.91. The molecule has 1 aliphatic carbocycles. The molecule has 1 aliphatic heterocycles. The topological polar surface area (TPSA) is 33.2 Å². The van der Waals surface area contributed by atoms with Crippen LogP contribution in [0.1, 0.15) is 37.7 Å². The zero-order valence-corrected chi connectivity index (χ0v) is 13.3. The number of aromatic nitrogens is 1. The standard InChI is InChI=1S/C18H19ClN2O/c19-15-6-7-16-14(11-15)10-13-8-9-21(17(13)20-16)18(22)12-4-2-1-3-5-12/h6-7,10-12H,1-5,8-9H2. The minimum Gasteiger partial charge on any atom is -0.296 e. The van der Waals surface area contributed by atoms with Gasteiger partial charge in [0.05, 0.1) is 5.52 Å². The first-order valence-electron chi connectivity index (χ1n) is 8.13. The summed E-state index contributed by atoms with van der Waals surface area (Å²) < 4.78 is 0. The van der Waals surface area contributed by atoms with Gasteiger partial charge in [0.1, 0.15) is 5.82 Å². The molecule has 2 aliphatic rings. The van der Waals surface area contributed by atoms with Gasteiger partial charge in [0, 0.05) is 22.9 Å². The predicted octanol–water partition coefficient (Wildman–Crippen LogP) is 4.36. The van der Waals surface area contributed by atoms with Gasteiger partial charge in [-0.15, -0.1) is 0 Å². The number of carbonyl (C=O) groups excluding carboxylic acids is 1. The summed E-state index contributed by atoms with van der Waals surface area (Å²) in [6.07, 6.45) is 6.59. The van der Waals surface area contributed by atoms with Crippen LogP contribution in [0.25, 0.3) is 10.9 Å². The highest BCUT2D eigenvalue weighted by atomic mass is 35.5. The quantitative estimate of drug-likeness (QED) is 0.783. The number of rotatable bonds is 1. The van der Waals surface area contributed by atoms with E-state index in [9.17, 15) is 4.79 Å². The van der Waals surface area contributed by atoms with Crippen LogP contribution < -0.4 is 4.90 Å². The summed E-state index contributed by atoms with van der Waals surface area (Å²) in [5.74, 6) is 1.34. The van der Waals surface area contributed by atoms with Crippen molar-refractivity contribution in [1.29, 1.82) is 0 Å². The number of anilines is 1. The molecule has 4 heteroatoms. The zero-order chi connectivity index (χ0) is 15.1. The summed E-state index contributed by atoms with van der Waals surface area (Å²) in [4.78, 5) is 19.5. The lowest BCUT2D eigenvalue weighted by molar-refractivity contribution is -0.123. The van der Waals surface area contributed by atoms with Gasteiger partial charge < -0.3 is 0 Å². The number of carbonyl (C=O) groups is 1. The molecule has 0 saturated heterocycles. The second-order valence-corrected chi connectivity index (χ2v) is 6.82. The van der Waals surface area contributed by atoms with Gasteiger partial charge in [0.2, 0.25) is 5.91 Å². The van der Waals surface area contributed by atoms with Crippen molar-refractivity contribution in [1.82, 2.24) is 4.98 Å². The van der Waals surface area contributed by atoms with Crippen molar-refractivity contribution < 1.29 is 4.79 Å². The van der Waals surface area contributed by atoms with E-state index in [1.807, 2.05) is 23.1 Å². The fourth-order valence-corrected chi connectivity index (χ4v) is 3.90. The number of hydrogen-bond donors (Lipinski definition) is 0. The zero-order valence-electron chi connectivity index (χ0n) is 12.5. The summed E-state index contributed by atoms with van der Waals surface area (Å²) in [6, 6.07) is 7.86. The van der Waals surface area contributed by atoms with Crippen molar-refractivity contribution in [2.75, 3.05) is 11.4 Å². The molecular weight excluding hydrogens is 296 g/mol. The van der Waals surface area contributed by atoms with Crippen LogP contribution in [-0.4, -0.2) is 17.4 Å². The fourth-order valence-electron chi connectivity index (χ4n) is 3.72. The van der Waals surface area contributed by atoms with Crippen molar-refractivity contribution in [3.8, 4) is 0 Å². The highest BCUT2D eigenvalue weighted by Crippen LogP contribution is 2.33. The van der Waals surface area contributed by atoms with E-state index >= 15 is 0 Å². The number of fused-ring (bicyclic) bond motifs is 2. The summed E-state index contributed by atoms with van der Waals surface area (Å²) in [5.41, 5.74) is 2.07. The fraction of sp³-hybridized carbons (Fsp3) is 0.444. The van der Waals surface area contributed by atoms with Crippen LogP contribution in [0.2, 0.25) is 5.02 Å². The molecule has 4 rings (SSSR count). The molecule has 1 fully saturated rings. The molecule has 0 N–H and O–H groups in total. The van der Waals surface area contributed by atoms with Gasteiger partial charge in [-0.2, -0.15) is 0 Å². The normalized spacial score (nSPS) is 18.7. The summed E-state index contributed by atoms with van der Waals surface area (Å²) in [5, 5.41) is 1.78. The Morgan fingerprint density at radius 1 is 1.18 bits per heavy atom. The number of benzene rings is 1. The number of nitrogens with zero attached hydrogens (tertiary/aromatic N) is 2. The van der Waals surface area contributed by atoms with E-state index < -0.39 is 0 Å². The average molecular weight is 315 g/mol. The Labute approximate surface area is 135 Å². The average Bonchev–Trinajstić information content (AvgIpc) is 2.95. The molecule has 1 aromatic carbocycles. The molecule has 1 saturated carbocycles. The third-order valence-corrected chi connectivity index (χ3v) is 5.15. The Balaban J connectivity index is 1.69. The molecule has 0 spiro atoms. The third kappa shape index (κ3) is 2.38. The van der Waals surface area contributed by atoms with E-state index in [-0.39, 0.29) is 11.8 Å². The van der Waals surface area contributed by atoms with Gasteiger partial charge in [-0.1, -0.05) is 30.9 Å². The van der Waals surface area contributed by atoms with Crippen LogP contribution in [0.4, 0.5) is 5.82 Å². The van der Waals surface area contributed by atoms with Gasteiger partial charge in [0.25, 0.3) is 0 Å². The smallest absolute Gasteiger partial charge is 0.231 e. The van der Waals surface area contributed by atoms with E-state index in [0.29, 0.717) is 0 Å². The van der Waals surface area contributed by atoms with E-state index in [1.165, 1.54) is 24.8 Å². The molecule has 2 heterocycles. The monoisotopic (exact) mass is 314 g/mol. The second kappa shape index (κ2) is 5.54. The van der Waals surface area contributed by atoms with Crippen LogP contribution >= 0.6 is 11.6 Å². The first kappa shape index (κ1) is 14.0. The van der Waals surface area contributed by atoms with Crippen LogP contribution in [0, 0.1) is 5.92 Å². The maximum atomic E-state index is 12.8. The Kier molecular flexibility index (Phi) is 3.53. The van der Waals surface area contributed by atoms with Crippen molar-refractivity contribution in [3.05, 3.63) is 34.9 Å². The molecule has 1 amide bonds. The highest BCUT2D eigenvalue weighted by Gasteiger charge is 2.32. The lowest BCUT2D eigenvalue weighted by Gasteiger charge is -2.26. The Morgan fingerprint density at radius 2 is 2.00 bits per heavy atom. The Hall–Kier alpha value is -1.61. The molecule has 1 aromatic heterocycles. The van der Waals surface area contributed by atoms with Gasteiger partial charge >= 0.3 is 0 Å². The molecule has 0 atom stereocenters. The minimum atomic E-state index is 0.197. The molecule has 0 bridgehead atoms. The minimum absolute atomic E-state index is 0.197. The molecule has 114 valence electrons. The molecule has 0 unspecified atom stereocenters. The van der Waals surface area contributed by atoms with E-state index in [4.69, 9.17) is 16.6 Å². The van der Waals surface area contributed by atoms with Gasteiger partial charge in [0.15, 0.2) is 0 Å². The molecule has 0 radical (unpaired) electrons. The van der Waals surface area contributed by atoms with Crippen molar-refractivity contribution >= 4 is 34.2 Å². The van der Waals surface area contributed by atoms with Crippen molar-refractivity contribution in [2.24, 2.45) is 5.92 Å². The van der Waals surface area contributed by atoms with Crippen LogP contribution in [0.15, 0.2) is 24.3 Å². The largest absolute Gasteiger partial charge is 0.296 e. The lowest BCUT2D eigenvalue weighted by Crippen LogP contribution is -2.36. The number of halogens is 1. The summed E-state index contributed by atoms with van der Waals surface area (Å²) >= 11 is 6.06. The van der Waals surface area contributed by atoms with E-state index in [0.717, 1.165) is 47.6 Å². The molecule has 2 aromatic rings. The number of pyridine rings is 1.